The maximum absolute atomic E-state index is 13.3. The summed E-state index contributed by atoms with van der Waals surface area (Å²) in [6.45, 7) is 0. The SMILES string of the molecule is COC(=O)c1ccc(/C=C2/SC(=S)N(NC(=O)C34CC5CC(CC(C5)C3)C4)C2=O)cc1. The van der Waals surface area contributed by atoms with Gasteiger partial charge in [0, 0.05) is 0 Å². The molecule has 2 amide bonds. The normalized spacial score (nSPS) is 32.6. The highest BCUT2D eigenvalue weighted by Crippen LogP contribution is 2.60. The van der Waals surface area contributed by atoms with Gasteiger partial charge in [0.25, 0.3) is 5.91 Å². The summed E-state index contributed by atoms with van der Waals surface area (Å²) in [5, 5.41) is 1.23. The van der Waals surface area contributed by atoms with E-state index in [0.717, 1.165) is 24.8 Å². The molecule has 4 bridgehead atoms. The number of carbonyl (C=O) groups excluding carboxylic acids is 3. The summed E-state index contributed by atoms with van der Waals surface area (Å²) in [4.78, 5) is 38.3. The summed E-state index contributed by atoms with van der Waals surface area (Å²) in [6.07, 6.45) is 8.28. The number of hydrogen-bond donors (Lipinski definition) is 1. The van der Waals surface area contributed by atoms with E-state index >= 15 is 0 Å². The van der Waals surface area contributed by atoms with Crippen molar-refractivity contribution in [3.8, 4) is 0 Å². The summed E-state index contributed by atoms with van der Waals surface area (Å²) < 4.78 is 5.04. The van der Waals surface area contributed by atoms with Crippen molar-refractivity contribution in [3.63, 3.8) is 0 Å². The van der Waals surface area contributed by atoms with Crippen molar-refractivity contribution in [1.29, 1.82) is 0 Å². The molecule has 1 saturated heterocycles. The number of benzene rings is 1. The number of rotatable bonds is 4. The van der Waals surface area contributed by atoms with Gasteiger partial charge in [-0.15, -0.1) is 0 Å². The Balaban J connectivity index is 1.30. The molecule has 1 aromatic carbocycles. The molecule has 5 aliphatic rings. The first-order chi connectivity index (χ1) is 14.9. The number of hydrazine groups is 1. The van der Waals surface area contributed by atoms with Crippen molar-refractivity contribution in [1.82, 2.24) is 10.4 Å². The molecule has 162 valence electrons. The second-order valence-corrected chi connectivity index (χ2v) is 10.9. The fourth-order valence-corrected chi connectivity index (χ4v) is 7.34. The molecular weight excluding hydrogens is 432 g/mol. The largest absolute Gasteiger partial charge is 0.465 e. The Morgan fingerprint density at radius 1 is 1.13 bits per heavy atom. The number of thioether (sulfide) groups is 1. The maximum atomic E-state index is 13.3. The predicted molar refractivity (Wildman–Crippen MR) is 122 cm³/mol. The van der Waals surface area contributed by atoms with Crippen LogP contribution in [0.1, 0.15) is 54.4 Å². The Bertz CT molecular complexity index is 966. The van der Waals surface area contributed by atoms with Crippen LogP contribution in [0.4, 0.5) is 0 Å². The lowest BCUT2D eigenvalue weighted by Crippen LogP contribution is -2.57. The van der Waals surface area contributed by atoms with Crippen LogP contribution in [0.2, 0.25) is 0 Å². The molecule has 8 heteroatoms. The zero-order valence-electron chi connectivity index (χ0n) is 17.3. The minimum atomic E-state index is -0.412. The van der Waals surface area contributed by atoms with Gasteiger partial charge in [0.1, 0.15) is 0 Å². The van der Waals surface area contributed by atoms with Crippen molar-refractivity contribution < 1.29 is 19.1 Å². The van der Waals surface area contributed by atoms with Crippen molar-refractivity contribution in [2.24, 2.45) is 23.2 Å². The minimum absolute atomic E-state index is 0.0495. The zero-order chi connectivity index (χ0) is 21.8. The smallest absolute Gasteiger partial charge is 0.337 e. The van der Waals surface area contributed by atoms with Crippen molar-refractivity contribution in [2.45, 2.75) is 38.5 Å². The molecule has 0 unspecified atom stereocenters. The van der Waals surface area contributed by atoms with Gasteiger partial charge in [-0.1, -0.05) is 23.9 Å². The molecule has 0 atom stereocenters. The van der Waals surface area contributed by atoms with Gasteiger partial charge >= 0.3 is 5.97 Å². The number of carbonyl (C=O) groups is 3. The van der Waals surface area contributed by atoms with E-state index in [1.54, 1.807) is 30.3 Å². The quantitative estimate of drug-likeness (QED) is 0.420. The number of methoxy groups -OCH3 is 1. The number of esters is 1. The van der Waals surface area contributed by atoms with Crippen molar-refractivity contribution in [2.75, 3.05) is 7.11 Å². The van der Waals surface area contributed by atoms with E-state index in [-0.39, 0.29) is 17.2 Å². The van der Waals surface area contributed by atoms with Crippen LogP contribution in [0.15, 0.2) is 29.2 Å². The number of hydrogen-bond acceptors (Lipinski definition) is 6. The second-order valence-electron chi connectivity index (χ2n) is 9.27. The van der Waals surface area contributed by atoms with Crippen LogP contribution >= 0.6 is 24.0 Å². The molecule has 4 saturated carbocycles. The van der Waals surface area contributed by atoms with Gasteiger partial charge in [-0.2, -0.15) is 5.01 Å². The van der Waals surface area contributed by atoms with Crippen LogP contribution in [-0.4, -0.2) is 34.2 Å². The lowest BCUT2D eigenvalue weighted by atomic mass is 9.49. The molecule has 1 aromatic rings. The molecule has 1 heterocycles. The van der Waals surface area contributed by atoms with Gasteiger partial charge in [-0.05, 0) is 92.3 Å². The first kappa shape index (κ1) is 20.7. The first-order valence-electron chi connectivity index (χ1n) is 10.6. The van der Waals surface area contributed by atoms with Crippen LogP contribution in [0.5, 0.6) is 0 Å². The van der Waals surface area contributed by atoms with E-state index in [1.807, 2.05) is 0 Å². The summed E-state index contributed by atoms with van der Waals surface area (Å²) in [5.41, 5.74) is 3.73. The molecule has 0 aromatic heterocycles. The Morgan fingerprint density at radius 3 is 2.26 bits per heavy atom. The monoisotopic (exact) mass is 456 g/mol. The van der Waals surface area contributed by atoms with Gasteiger partial charge in [0.05, 0.1) is 23.0 Å². The van der Waals surface area contributed by atoms with Crippen molar-refractivity contribution >= 4 is 52.2 Å². The number of amides is 2. The molecule has 0 radical (unpaired) electrons. The van der Waals surface area contributed by atoms with E-state index in [9.17, 15) is 14.4 Å². The van der Waals surface area contributed by atoms with Crippen LogP contribution in [0, 0.1) is 23.2 Å². The fourth-order valence-electron chi connectivity index (χ4n) is 6.16. The van der Waals surface area contributed by atoms with Gasteiger partial charge in [-0.3, -0.25) is 15.0 Å². The topological polar surface area (TPSA) is 75.7 Å². The number of thiocarbonyl (C=S) groups is 1. The molecule has 4 aliphatic carbocycles. The Kier molecular flexibility index (Phi) is 5.17. The molecule has 6 nitrogen and oxygen atoms in total. The third-order valence-electron chi connectivity index (χ3n) is 7.16. The highest BCUT2D eigenvalue weighted by molar-refractivity contribution is 8.26. The third kappa shape index (κ3) is 3.69. The first-order valence-corrected chi connectivity index (χ1v) is 11.9. The lowest BCUT2D eigenvalue weighted by molar-refractivity contribution is -0.152. The lowest BCUT2D eigenvalue weighted by Gasteiger charge is -2.55. The van der Waals surface area contributed by atoms with Crippen LogP contribution in [-0.2, 0) is 14.3 Å². The number of ether oxygens (including phenoxy) is 1. The molecular formula is C23H24N2O4S2. The average molecular weight is 457 g/mol. The van der Waals surface area contributed by atoms with E-state index in [1.165, 1.54) is 43.1 Å². The highest BCUT2D eigenvalue weighted by Gasteiger charge is 2.55. The van der Waals surface area contributed by atoms with Crippen molar-refractivity contribution in [3.05, 3.63) is 40.3 Å². The van der Waals surface area contributed by atoms with E-state index in [2.05, 4.69) is 5.43 Å². The molecule has 1 aliphatic heterocycles. The van der Waals surface area contributed by atoms with Gasteiger partial charge in [0.15, 0.2) is 4.32 Å². The predicted octanol–water partition coefficient (Wildman–Crippen LogP) is 3.92. The van der Waals surface area contributed by atoms with Crippen LogP contribution in [0.3, 0.4) is 0 Å². The molecule has 5 fully saturated rings. The molecule has 1 N–H and O–H groups in total. The van der Waals surface area contributed by atoms with Gasteiger partial charge in [0.2, 0.25) is 5.91 Å². The summed E-state index contributed by atoms with van der Waals surface area (Å²) in [7, 11) is 1.33. The van der Waals surface area contributed by atoms with E-state index in [4.69, 9.17) is 17.0 Å². The molecule has 6 rings (SSSR count). The molecule has 0 spiro atoms. The number of nitrogens with one attached hydrogen (secondary N) is 1. The summed E-state index contributed by atoms with van der Waals surface area (Å²) in [5.74, 6) is 1.17. The minimum Gasteiger partial charge on any atom is -0.465 e. The summed E-state index contributed by atoms with van der Waals surface area (Å²) in [6, 6.07) is 6.78. The Labute approximate surface area is 190 Å². The summed E-state index contributed by atoms with van der Waals surface area (Å²) >= 11 is 6.57. The average Bonchev–Trinajstić information content (AvgIpc) is 3.00. The Morgan fingerprint density at radius 2 is 1.71 bits per heavy atom. The van der Waals surface area contributed by atoms with Crippen LogP contribution < -0.4 is 5.43 Å². The van der Waals surface area contributed by atoms with Gasteiger partial charge in [-0.25, -0.2) is 4.79 Å². The standard InChI is InChI=1S/C23H24N2O4S2/c1-29-20(27)17-4-2-13(3-5-17)9-18-19(26)25(22(30)31-18)24-21(28)23-10-14-6-15(11-23)8-16(7-14)12-23/h2-5,9,14-16H,6-8,10-12H2,1H3,(H,24,28)/b18-9+. The Hall–Kier alpha value is -2.19. The highest BCUT2D eigenvalue weighted by atomic mass is 32.2. The van der Waals surface area contributed by atoms with Gasteiger partial charge < -0.3 is 4.74 Å². The maximum Gasteiger partial charge on any atom is 0.337 e. The zero-order valence-corrected chi connectivity index (χ0v) is 18.9. The molecule has 31 heavy (non-hydrogen) atoms. The fraction of sp³-hybridized carbons (Fsp3) is 0.478. The van der Waals surface area contributed by atoms with Crippen LogP contribution in [0.25, 0.3) is 6.08 Å². The van der Waals surface area contributed by atoms with E-state index in [0.29, 0.717) is 32.5 Å². The number of nitrogens with zero attached hydrogens (tertiary/aromatic N) is 1. The third-order valence-corrected chi connectivity index (χ3v) is 8.46. The second kappa shape index (κ2) is 7.74. The van der Waals surface area contributed by atoms with E-state index < -0.39 is 5.97 Å².